The first-order valence-corrected chi connectivity index (χ1v) is 8.50. The topological polar surface area (TPSA) is 41.1 Å². The van der Waals surface area contributed by atoms with Crippen molar-refractivity contribution in [1.29, 1.82) is 0 Å². The Bertz CT molecular complexity index is 753. The average Bonchev–Trinajstić information content (AvgIpc) is 2.85. The number of anilines is 1. The summed E-state index contributed by atoms with van der Waals surface area (Å²) in [7, 11) is 0. The maximum atomic E-state index is 14.1. The molecule has 1 aliphatic heterocycles. The molecule has 0 saturated heterocycles. The van der Waals surface area contributed by atoms with Gasteiger partial charge in [-0.25, -0.2) is 4.39 Å². The molecular weight excluding hydrogens is 323 g/mol. The summed E-state index contributed by atoms with van der Waals surface area (Å²) in [6.07, 6.45) is 3.62. The summed E-state index contributed by atoms with van der Waals surface area (Å²) in [5, 5.41) is 7.22. The maximum Gasteiger partial charge on any atom is 0.256 e. The zero-order chi connectivity index (χ0) is 15.3. The summed E-state index contributed by atoms with van der Waals surface area (Å²) in [5.74, 6) is -0.562. The molecule has 1 aromatic heterocycles. The Morgan fingerprint density at radius 2 is 2.05 bits per heavy atom. The van der Waals surface area contributed by atoms with E-state index in [-0.39, 0.29) is 11.5 Å². The van der Waals surface area contributed by atoms with Crippen LogP contribution in [0.3, 0.4) is 0 Å². The molecule has 2 N–H and O–H groups in total. The van der Waals surface area contributed by atoms with Crippen molar-refractivity contribution in [2.75, 3.05) is 5.32 Å². The minimum Gasteiger partial charge on any atom is -0.352 e. The van der Waals surface area contributed by atoms with Crippen LogP contribution in [-0.2, 0) is 12.8 Å². The van der Waals surface area contributed by atoms with E-state index >= 15 is 0 Å². The molecular formula is C16H14ClFN2OS. The summed E-state index contributed by atoms with van der Waals surface area (Å²) in [4.78, 5) is 13.8. The van der Waals surface area contributed by atoms with E-state index in [1.54, 1.807) is 23.5 Å². The van der Waals surface area contributed by atoms with Crippen molar-refractivity contribution in [3.63, 3.8) is 0 Å². The molecule has 0 saturated carbocycles. The first-order chi connectivity index (χ1) is 10.6. The zero-order valence-corrected chi connectivity index (χ0v) is 13.3. The number of hydrogen-bond acceptors (Lipinski definition) is 3. The highest BCUT2D eigenvalue weighted by Gasteiger charge is 2.33. The standard InChI is InChI=1S/C16H14ClFN2OS/c17-9-5-3-6-10(18)13(9)14-19-15(21)12-8-4-1-2-7-11(8)22-16(12)20-14/h3,5-6,14,20H,1-2,4,7H2,(H,19,21). The van der Waals surface area contributed by atoms with Gasteiger partial charge in [0.1, 0.15) is 17.0 Å². The van der Waals surface area contributed by atoms with Crippen molar-refractivity contribution in [1.82, 2.24) is 5.32 Å². The van der Waals surface area contributed by atoms with E-state index in [1.807, 2.05) is 0 Å². The molecule has 3 nitrogen and oxygen atoms in total. The first-order valence-electron chi connectivity index (χ1n) is 7.31. The van der Waals surface area contributed by atoms with Crippen molar-refractivity contribution in [2.45, 2.75) is 31.8 Å². The van der Waals surface area contributed by atoms with Crippen molar-refractivity contribution in [3.05, 3.63) is 50.6 Å². The van der Waals surface area contributed by atoms with Crippen LogP contribution in [0.5, 0.6) is 0 Å². The van der Waals surface area contributed by atoms with Crippen molar-refractivity contribution < 1.29 is 9.18 Å². The Morgan fingerprint density at radius 1 is 1.23 bits per heavy atom. The fraction of sp³-hybridized carbons (Fsp3) is 0.312. The number of rotatable bonds is 1. The number of benzene rings is 1. The van der Waals surface area contributed by atoms with Gasteiger partial charge in [0.15, 0.2) is 0 Å². The summed E-state index contributed by atoms with van der Waals surface area (Å²) >= 11 is 7.72. The van der Waals surface area contributed by atoms with E-state index in [2.05, 4.69) is 10.6 Å². The van der Waals surface area contributed by atoms with Crippen LogP contribution >= 0.6 is 22.9 Å². The van der Waals surface area contributed by atoms with Crippen LogP contribution in [0.1, 0.15) is 45.4 Å². The van der Waals surface area contributed by atoms with Gasteiger partial charge in [-0.2, -0.15) is 0 Å². The second-order valence-electron chi connectivity index (χ2n) is 5.60. The van der Waals surface area contributed by atoms with Crippen molar-refractivity contribution >= 4 is 33.8 Å². The predicted molar refractivity (Wildman–Crippen MR) is 86.2 cm³/mol. The van der Waals surface area contributed by atoms with Gasteiger partial charge in [0, 0.05) is 10.4 Å². The smallest absolute Gasteiger partial charge is 0.256 e. The van der Waals surface area contributed by atoms with Crippen LogP contribution in [0.15, 0.2) is 18.2 Å². The Kier molecular flexibility index (Phi) is 3.35. The van der Waals surface area contributed by atoms with Crippen molar-refractivity contribution in [3.8, 4) is 0 Å². The number of halogens is 2. The van der Waals surface area contributed by atoms with Crippen LogP contribution in [-0.4, -0.2) is 5.91 Å². The van der Waals surface area contributed by atoms with Gasteiger partial charge in [0.2, 0.25) is 0 Å². The van der Waals surface area contributed by atoms with E-state index in [0.717, 1.165) is 41.8 Å². The lowest BCUT2D eigenvalue weighted by molar-refractivity contribution is 0.0935. The van der Waals surface area contributed by atoms with Gasteiger partial charge in [-0.15, -0.1) is 11.3 Å². The number of carbonyl (C=O) groups is 1. The van der Waals surface area contributed by atoms with E-state index in [4.69, 9.17) is 11.6 Å². The highest BCUT2D eigenvalue weighted by atomic mass is 35.5. The maximum absolute atomic E-state index is 14.1. The van der Waals surface area contributed by atoms with Crippen molar-refractivity contribution in [2.24, 2.45) is 0 Å². The summed E-state index contributed by atoms with van der Waals surface area (Å²) < 4.78 is 14.1. The molecule has 2 aliphatic rings. The molecule has 0 radical (unpaired) electrons. The molecule has 2 heterocycles. The lowest BCUT2D eigenvalue weighted by atomic mass is 9.94. The Labute approximate surface area is 136 Å². The minimum absolute atomic E-state index is 0.141. The lowest BCUT2D eigenvalue weighted by Crippen LogP contribution is -2.38. The third kappa shape index (κ3) is 2.11. The molecule has 22 heavy (non-hydrogen) atoms. The summed E-state index contributed by atoms with van der Waals surface area (Å²) in [6.45, 7) is 0. The first kappa shape index (κ1) is 14.0. The third-order valence-electron chi connectivity index (χ3n) is 4.24. The number of thiophene rings is 1. The highest BCUT2D eigenvalue weighted by Crippen LogP contribution is 2.42. The predicted octanol–water partition coefficient (Wildman–Crippen LogP) is 4.27. The molecule has 4 rings (SSSR count). The fourth-order valence-electron chi connectivity index (χ4n) is 3.21. The Hall–Kier alpha value is -1.59. The molecule has 6 heteroatoms. The van der Waals surface area contributed by atoms with Crippen LogP contribution in [0.2, 0.25) is 5.02 Å². The lowest BCUT2D eigenvalue weighted by Gasteiger charge is -2.27. The minimum atomic E-state index is -0.631. The molecule has 1 atom stereocenters. The Morgan fingerprint density at radius 3 is 2.86 bits per heavy atom. The zero-order valence-electron chi connectivity index (χ0n) is 11.7. The fourth-order valence-corrected chi connectivity index (χ4v) is 4.80. The van der Waals surface area contributed by atoms with Gasteiger partial charge in [-0.3, -0.25) is 4.79 Å². The highest BCUT2D eigenvalue weighted by molar-refractivity contribution is 7.16. The SMILES string of the molecule is O=C1NC(c2c(F)cccc2Cl)Nc2sc3c(c21)CCCC3. The van der Waals surface area contributed by atoms with Gasteiger partial charge >= 0.3 is 0 Å². The molecule has 2 aromatic rings. The van der Waals surface area contributed by atoms with Gasteiger partial charge < -0.3 is 10.6 Å². The normalized spacial score (nSPS) is 19.9. The van der Waals surface area contributed by atoms with Gasteiger partial charge in [-0.1, -0.05) is 17.7 Å². The third-order valence-corrected chi connectivity index (χ3v) is 5.79. The second kappa shape index (κ2) is 5.25. The number of amides is 1. The van der Waals surface area contributed by atoms with Crippen LogP contribution < -0.4 is 10.6 Å². The van der Waals surface area contributed by atoms with Crippen LogP contribution in [0.4, 0.5) is 9.39 Å². The summed E-state index contributed by atoms with van der Waals surface area (Å²) in [6, 6.07) is 4.54. The number of fused-ring (bicyclic) bond motifs is 3. The molecule has 1 aromatic carbocycles. The molecule has 1 amide bonds. The molecule has 0 bridgehead atoms. The van der Waals surface area contributed by atoms with Crippen LogP contribution in [0, 0.1) is 5.82 Å². The second-order valence-corrected chi connectivity index (χ2v) is 7.11. The quantitative estimate of drug-likeness (QED) is 0.816. The number of hydrogen-bond donors (Lipinski definition) is 2. The molecule has 1 unspecified atom stereocenters. The molecule has 0 fully saturated rings. The monoisotopic (exact) mass is 336 g/mol. The molecule has 114 valence electrons. The van der Waals surface area contributed by atoms with Gasteiger partial charge in [-0.05, 0) is 43.4 Å². The van der Waals surface area contributed by atoms with Gasteiger partial charge in [0.25, 0.3) is 5.91 Å². The largest absolute Gasteiger partial charge is 0.352 e. The molecule has 1 aliphatic carbocycles. The number of carbonyl (C=O) groups excluding carboxylic acids is 1. The van der Waals surface area contributed by atoms with E-state index in [0.29, 0.717) is 5.02 Å². The molecule has 0 spiro atoms. The number of aryl methyl sites for hydroxylation is 1. The van der Waals surface area contributed by atoms with E-state index in [1.165, 1.54) is 10.9 Å². The Balaban J connectivity index is 1.76. The number of nitrogens with one attached hydrogen (secondary N) is 2. The van der Waals surface area contributed by atoms with Gasteiger partial charge in [0.05, 0.1) is 10.6 Å². The summed E-state index contributed by atoms with van der Waals surface area (Å²) in [5.41, 5.74) is 2.19. The van der Waals surface area contributed by atoms with E-state index < -0.39 is 12.0 Å². The van der Waals surface area contributed by atoms with E-state index in [9.17, 15) is 9.18 Å². The van der Waals surface area contributed by atoms with Crippen LogP contribution in [0.25, 0.3) is 0 Å². The average molecular weight is 337 g/mol.